The summed E-state index contributed by atoms with van der Waals surface area (Å²) in [5, 5.41) is 4.22. The van der Waals surface area contributed by atoms with Crippen LogP contribution in [-0.4, -0.2) is 47.2 Å². The molecule has 0 aliphatic heterocycles. The molecular weight excluding hydrogens is 420 g/mol. The number of benzene rings is 2. The number of aromatic nitrogens is 3. The summed E-state index contributed by atoms with van der Waals surface area (Å²) < 4.78 is 11.4. The average Bonchev–Trinajstić information content (AvgIpc) is 3.39. The van der Waals surface area contributed by atoms with E-state index in [1.807, 2.05) is 24.4 Å². The minimum absolute atomic E-state index is 0.0560. The smallest absolute Gasteiger partial charge is 0.311 e. The molecule has 2 aromatic carbocycles. The van der Waals surface area contributed by atoms with Gasteiger partial charge in [-0.15, -0.1) is 0 Å². The molecule has 2 aromatic heterocycles. The van der Waals surface area contributed by atoms with Crippen LogP contribution in [-0.2, 0) is 22.4 Å². The Balaban J connectivity index is 1.64. The number of methoxy groups -OCH3 is 2. The zero-order valence-corrected chi connectivity index (χ0v) is 18.8. The maximum Gasteiger partial charge on any atom is 0.311 e. The molecule has 33 heavy (non-hydrogen) atoms. The normalized spacial score (nSPS) is 11.7. The van der Waals surface area contributed by atoms with Crippen molar-refractivity contribution >= 4 is 22.6 Å². The van der Waals surface area contributed by atoms with E-state index in [9.17, 15) is 9.59 Å². The molecule has 2 heterocycles. The lowest BCUT2D eigenvalue weighted by molar-refractivity contribution is -0.139. The van der Waals surface area contributed by atoms with Crippen LogP contribution in [0.15, 0.2) is 64.5 Å². The molecule has 0 spiro atoms. The third-order valence-electron chi connectivity index (χ3n) is 5.61. The van der Waals surface area contributed by atoms with Crippen LogP contribution in [0.4, 0.5) is 0 Å². The molecule has 2 N–H and O–H groups in total. The third kappa shape index (κ3) is 4.59. The molecule has 8 nitrogen and oxygen atoms in total. The van der Waals surface area contributed by atoms with Crippen LogP contribution in [0.5, 0.6) is 5.75 Å². The van der Waals surface area contributed by atoms with Crippen LogP contribution < -0.4 is 10.3 Å². The summed E-state index contributed by atoms with van der Waals surface area (Å²) in [6, 6.07) is 15.2. The highest BCUT2D eigenvalue weighted by atomic mass is 16.5. The quantitative estimate of drug-likeness (QED) is 0.320. The Morgan fingerprint density at radius 1 is 1.09 bits per heavy atom. The number of nitrogens with zero attached hydrogens (tertiary/aromatic N) is 2. The fourth-order valence-electron chi connectivity index (χ4n) is 3.87. The lowest BCUT2D eigenvalue weighted by atomic mass is 10.1. The van der Waals surface area contributed by atoms with Gasteiger partial charge >= 0.3 is 5.97 Å². The number of hydrogen-bond donors (Lipinski definition) is 2. The van der Waals surface area contributed by atoms with Crippen molar-refractivity contribution in [3.63, 3.8) is 0 Å². The van der Waals surface area contributed by atoms with E-state index < -0.39 is 5.97 Å². The number of nitrogens with one attached hydrogen (secondary N) is 2. The largest absolute Gasteiger partial charge is 0.497 e. The van der Waals surface area contributed by atoms with Gasteiger partial charge in [0.15, 0.2) is 0 Å². The summed E-state index contributed by atoms with van der Waals surface area (Å²) in [4.78, 5) is 33.2. The molecule has 0 bridgehead atoms. The van der Waals surface area contributed by atoms with Crippen molar-refractivity contribution < 1.29 is 14.3 Å². The van der Waals surface area contributed by atoms with E-state index in [2.05, 4.69) is 21.1 Å². The lowest BCUT2D eigenvalue weighted by Gasteiger charge is -2.03. The zero-order chi connectivity index (χ0) is 23.4. The number of aliphatic imine (C=N–C) groups is 1. The number of H-pyrrole nitrogens is 2. The number of carbonyl (C=O) groups is 1. The SMILES string of the molecule is COC(=O)Cc1[nH]n(-c2ccc(OC)cc2)c(=O)c1C(C)=NCCc1c[nH]c2ccccc12. The lowest BCUT2D eigenvalue weighted by Crippen LogP contribution is -2.20. The molecule has 4 aromatic rings. The molecular formula is C25H26N4O4. The van der Waals surface area contributed by atoms with Crippen molar-refractivity contribution in [2.24, 2.45) is 4.99 Å². The Bertz CT molecular complexity index is 1360. The van der Waals surface area contributed by atoms with Gasteiger partial charge in [-0.05, 0) is 49.2 Å². The molecule has 0 saturated carbocycles. The molecule has 0 radical (unpaired) electrons. The number of ether oxygens (including phenoxy) is 2. The van der Waals surface area contributed by atoms with Gasteiger partial charge in [0, 0.05) is 29.4 Å². The van der Waals surface area contributed by atoms with E-state index in [1.54, 1.807) is 38.3 Å². The molecule has 0 aliphatic carbocycles. The number of fused-ring (bicyclic) bond motifs is 1. The van der Waals surface area contributed by atoms with Crippen LogP contribution in [0.1, 0.15) is 23.7 Å². The number of esters is 1. The van der Waals surface area contributed by atoms with Gasteiger partial charge in [-0.1, -0.05) is 18.2 Å². The monoisotopic (exact) mass is 446 g/mol. The fraction of sp³-hybridized carbons (Fsp3) is 0.240. The van der Waals surface area contributed by atoms with Crippen LogP contribution in [0.3, 0.4) is 0 Å². The number of carbonyl (C=O) groups excluding carboxylic acids is 1. The highest BCUT2D eigenvalue weighted by Crippen LogP contribution is 2.19. The van der Waals surface area contributed by atoms with Crippen molar-refractivity contribution in [1.82, 2.24) is 14.8 Å². The van der Waals surface area contributed by atoms with Gasteiger partial charge in [0.1, 0.15) is 5.75 Å². The first-order chi connectivity index (χ1) is 16.0. The van der Waals surface area contributed by atoms with Crippen molar-refractivity contribution in [3.05, 3.63) is 81.9 Å². The van der Waals surface area contributed by atoms with Gasteiger partial charge in [0.05, 0.1) is 37.6 Å². The van der Waals surface area contributed by atoms with Crippen molar-refractivity contribution in [1.29, 1.82) is 0 Å². The first-order valence-electron chi connectivity index (χ1n) is 10.6. The second kappa shape index (κ2) is 9.60. The summed E-state index contributed by atoms with van der Waals surface area (Å²) >= 11 is 0. The maximum atomic E-state index is 13.3. The van der Waals surface area contributed by atoms with Crippen LogP contribution in [0, 0.1) is 0 Å². The molecule has 0 unspecified atom stereocenters. The van der Waals surface area contributed by atoms with Gasteiger partial charge < -0.3 is 14.5 Å². The van der Waals surface area contributed by atoms with E-state index in [0.29, 0.717) is 35.0 Å². The molecule has 4 rings (SSSR count). The first kappa shape index (κ1) is 22.1. The van der Waals surface area contributed by atoms with Crippen molar-refractivity contribution in [2.75, 3.05) is 20.8 Å². The minimum atomic E-state index is -0.439. The Labute approximate surface area is 190 Å². The van der Waals surface area contributed by atoms with Crippen molar-refractivity contribution in [3.8, 4) is 11.4 Å². The Hall–Kier alpha value is -4.07. The number of aromatic amines is 2. The maximum absolute atomic E-state index is 13.3. The predicted octanol–water partition coefficient (Wildman–Crippen LogP) is 3.42. The number of hydrogen-bond acceptors (Lipinski definition) is 5. The summed E-state index contributed by atoms with van der Waals surface area (Å²) in [7, 11) is 2.90. The molecule has 0 amide bonds. The van der Waals surface area contributed by atoms with Crippen LogP contribution >= 0.6 is 0 Å². The average molecular weight is 447 g/mol. The van der Waals surface area contributed by atoms with Gasteiger partial charge in [0.2, 0.25) is 0 Å². The molecule has 0 saturated heterocycles. The Morgan fingerprint density at radius 2 is 1.85 bits per heavy atom. The second-order valence-corrected chi connectivity index (χ2v) is 7.63. The van der Waals surface area contributed by atoms with E-state index in [1.165, 1.54) is 22.7 Å². The van der Waals surface area contributed by atoms with E-state index in [-0.39, 0.29) is 12.0 Å². The predicted molar refractivity (Wildman–Crippen MR) is 128 cm³/mol. The minimum Gasteiger partial charge on any atom is -0.497 e. The summed E-state index contributed by atoms with van der Waals surface area (Å²) in [6.07, 6.45) is 2.66. The van der Waals surface area contributed by atoms with Gasteiger partial charge in [-0.2, -0.15) is 0 Å². The third-order valence-corrected chi connectivity index (χ3v) is 5.61. The summed E-state index contributed by atoms with van der Waals surface area (Å²) in [5.74, 6) is 0.245. The fourth-order valence-corrected chi connectivity index (χ4v) is 3.87. The first-order valence-corrected chi connectivity index (χ1v) is 10.6. The summed E-state index contributed by atoms with van der Waals surface area (Å²) in [6.45, 7) is 2.30. The topological polar surface area (TPSA) is 101 Å². The Kier molecular flexibility index (Phi) is 6.44. The number of para-hydroxylation sites is 1. The highest BCUT2D eigenvalue weighted by Gasteiger charge is 2.20. The summed E-state index contributed by atoms with van der Waals surface area (Å²) in [5.41, 5.74) is 4.04. The van der Waals surface area contributed by atoms with Crippen molar-refractivity contribution in [2.45, 2.75) is 19.8 Å². The second-order valence-electron chi connectivity index (χ2n) is 7.63. The highest BCUT2D eigenvalue weighted by molar-refractivity contribution is 6.00. The molecule has 0 atom stereocenters. The number of rotatable bonds is 8. The molecule has 8 heteroatoms. The van der Waals surface area contributed by atoms with E-state index in [4.69, 9.17) is 9.47 Å². The van der Waals surface area contributed by atoms with E-state index >= 15 is 0 Å². The molecule has 0 fully saturated rings. The Morgan fingerprint density at radius 3 is 2.58 bits per heavy atom. The zero-order valence-electron chi connectivity index (χ0n) is 18.8. The van der Waals surface area contributed by atoms with E-state index in [0.717, 1.165) is 11.9 Å². The van der Waals surface area contributed by atoms with Gasteiger partial charge in [-0.3, -0.25) is 19.7 Å². The van der Waals surface area contributed by atoms with Gasteiger partial charge in [0.25, 0.3) is 5.56 Å². The van der Waals surface area contributed by atoms with Gasteiger partial charge in [-0.25, -0.2) is 4.68 Å². The molecule has 0 aliphatic rings. The van der Waals surface area contributed by atoms with Crippen LogP contribution in [0.25, 0.3) is 16.6 Å². The van der Waals surface area contributed by atoms with Crippen LogP contribution in [0.2, 0.25) is 0 Å². The molecule has 170 valence electrons. The standard InChI is InChI=1S/C25H26N4O4/c1-16(26-13-12-17-15-27-21-7-5-4-6-20(17)21)24-22(14-23(30)33-3)28-29(25(24)31)18-8-10-19(32-2)11-9-18/h4-11,15,27-28H,12-14H2,1-3H3.